The predicted octanol–water partition coefficient (Wildman–Crippen LogP) is 4.76. The fraction of sp³-hybridized carbons (Fsp3) is 0.136. The lowest BCUT2D eigenvalue weighted by Crippen LogP contribution is -2.13. The molecule has 0 atom stereocenters. The number of methoxy groups -OCH3 is 3. The number of anilines is 1. The van der Waals surface area contributed by atoms with Gasteiger partial charge in [0.15, 0.2) is 11.5 Å². The smallest absolute Gasteiger partial charge is 0.259 e. The van der Waals surface area contributed by atoms with Gasteiger partial charge in [-0.3, -0.25) is 4.79 Å². The molecule has 0 unspecified atom stereocenters. The molecule has 0 heterocycles. The molecule has 3 rings (SSSR count). The summed E-state index contributed by atoms with van der Waals surface area (Å²) in [5.74, 6) is 2.14. The molecule has 0 radical (unpaired) electrons. The largest absolute Gasteiger partial charge is 0.493 e. The first-order valence-corrected chi connectivity index (χ1v) is 8.59. The Labute approximate surface area is 163 Å². The molecule has 6 nitrogen and oxygen atoms in total. The molecule has 0 bridgehead atoms. The molecule has 0 spiro atoms. The summed E-state index contributed by atoms with van der Waals surface area (Å²) in [6.07, 6.45) is 0. The monoisotopic (exact) mass is 379 g/mol. The predicted molar refractivity (Wildman–Crippen MR) is 107 cm³/mol. The van der Waals surface area contributed by atoms with Crippen LogP contribution in [0.15, 0.2) is 66.7 Å². The van der Waals surface area contributed by atoms with Crippen molar-refractivity contribution >= 4 is 11.6 Å². The molecule has 1 N–H and O–H groups in total. The minimum atomic E-state index is -0.319. The van der Waals surface area contributed by atoms with E-state index in [0.717, 1.165) is 0 Å². The molecule has 0 saturated heterocycles. The van der Waals surface area contributed by atoms with Crippen molar-refractivity contribution in [3.8, 4) is 28.7 Å². The van der Waals surface area contributed by atoms with Gasteiger partial charge < -0.3 is 24.3 Å². The summed E-state index contributed by atoms with van der Waals surface area (Å²) in [5.41, 5.74) is 0.911. The van der Waals surface area contributed by atoms with Crippen molar-refractivity contribution in [3.05, 3.63) is 72.3 Å². The summed E-state index contributed by atoms with van der Waals surface area (Å²) in [5, 5.41) is 2.85. The summed E-state index contributed by atoms with van der Waals surface area (Å²) in [6.45, 7) is 0. The molecule has 144 valence electrons. The zero-order valence-corrected chi connectivity index (χ0v) is 15.9. The van der Waals surface area contributed by atoms with Crippen LogP contribution in [0.4, 0.5) is 5.69 Å². The van der Waals surface area contributed by atoms with E-state index in [-0.39, 0.29) is 5.91 Å². The highest BCUT2D eigenvalue weighted by atomic mass is 16.5. The van der Waals surface area contributed by atoms with Gasteiger partial charge in [0.05, 0.1) is 26.9 Å². The van der Waals surface area contributed by atoms with Gasteiger partial charge in [0.1, 0.15) is 11.5 Å². The Balaban J connectivity index is 1.88. The van der Waals surface area contributed by atoms with Crippen LogP contribution in [0, 0.1) is 0 Å². The number of carbonyl (C=O) groups is 1. The second-order valence-corrected chi connectivity index (χ2v) is 5.78. The number of nitrogens with one attached hydrogen (secondary N) is 1. The number of ether oxygens (including phenoxy) is 4. The van der Waals surface area contributed by atoms with E-state index in [1.54, 1.807) is 30.3 Å². The topological polar surface area (TPSA) is 66.0 Å². The van der Waals surface area contributed by atoms with Gasteiger partial charge in [-0.15, -0.1) is 0 Å². The van der Waals surface area contributed by atoms with Gasteiger partial charge in [0, 0.05) is 17.8 Å². The average molecular weight is 379 g/mol. The number of carbonyl (C=O) groups excluding carboxylic acids is 1. The van der Waals surface area contributed by atoms with E-state index in [0.29, 0.717) is 40.0 Å². The Morgan fingerprint density at radius 2 is 1.36 bits per heavy atom. The minimum Gasteiger partial charge on any atom is -0.493 e. The van der Waals surface area contributed by atoms with Crippen molar-refractivity contribution in [2.24, 2.45) is 0 Å². The third-order valence-corrected chi connectivity index (χ3v) is 4.03. The van der Waals surface area contributed by atoms with Crippen LogP contribution in [-0.4, -0.2) is 27.2 Å². The first-order valence-electron chi connectivity index (χ1n) is 8.59. The van der Waals surface area contributed by atoms with Crippen molar-refractivity contribution < 1.29 is 23.7 Å². The van der Waals surface area contributed by atoms with Gasteiger partial charge in [0.2, 0.25) is 5.75 Å². The van der Waals surface area contributed by atoms with Crippen LogP contribution in [0.5, 0.6) is 28.7 Å². The number of benzene rings is 3. The van der Waals surface area contributed by atoms with Gasteiger partial charge >= 0.3 is 0 Å². The van der Waals surface area contributed by atoms with Crippen molar-refractivity contribution in [3.63, 3.8) is 0 Å². The fourth-order valence-electron chi connectivity index (χ4n) is 2.71. The second kappa shape index (κ2) is 8.81. The highest BCUT2D eigenvalue weighted by Gasteiger charge is 2.17. The van der Waals surface area contributed by atoms with Crippen molar-refractivity contribution in [2.45, 2.75) is 0 Å². The normalized spacial score (nSPS) is 10.1. The number of hydrogen-bond acceptors (Lipinski definition) is 5. The van der Waals surface area contributed by atoms with E-state index < -0.39 is 0 Å². The summed E-state index contributed by atoms with van der Waals surface area (Å²) in [4.78, 5) is 12.9. The molecule has 3 aromatic carbocycles. The molecule has 0 fully saturated rings. The van der Waals surface area contributed by atoms with E-state index in [1.807, 2.05) is 36.4 Å². The van der Waals surface area contributed by atoms with Gasteiger partial charge in [-0.1, -0.05) is 30.3 Å². The Kier molecular flexibility index (Phi) is 6.01. The number of para-hydroxylation sites is 2. The number of hydrogen-bond donors (Lipinski definition) is 1. The number of rotatable bonds is 7. The van der Waals surface area contributed by atoms with E-state index in [9.17, 15) is 4.79 Å². The summed E-state index contributed by atoms with van der Waals surface area (Å²) < 4.78 is 21.8. The second-order valence-electron chi connectivity index (χ2n) is 5.78. The minimum absolute atomic E-state index is 0.319. The summed E-state index contributed by atoms with van der Waals surface area (Å²) in [6, 6.07) is 19.7. The standard InChI is InChI=1S/C22H21NO5/c1-25-19-13-15(14-20(26-2)21(19)27-3)23-22(24)17-11-7-8-12-18(17)28-16-9-5-4-6-10-16/h4-14H,1-3H3,(H,23,24). The van der Waals surface area contributed by atoms with Crippen molar-refractivity contribution in [1.82, 2.24) is 0 Å². The van der Waals surface area contributed by atoms with Crippen LogP contribution < -0.4 is 24.3 Å². The van der Waals surface area contributed by atoms with E-state index in [4.69, 9.17) is 18.9 Å². The van der Waals surface area contributed by atoms with Gasteiger partial charge in [-0.05, 0) is 24.3 Å². The average Bonchev–Trinajstić information content (AvgIpc) is 2.74. The fourth-order valence-corrected chi connectivity index (χ4v) is 2.71. The van der Waals surface area contributed by atoms with E-state index >= 15 is 0 Å². The van der Waals surface area contributed by atoms with Crippen LogP contribution in [-0.2, 0) is 0 Å². The molecular formula is C22H21NO5. The van der Waals surface area contributed by atoms with Crippen LogP contribution in [0.3, 0.4) is 0 Å². The zero-order valence-electron chi connectivity index (χ0n) is 15.9. The third kappa shape index (κ3) is 4.17. The Hall–Kier alpha value is -3.67. The molecule has 0 aliphatic heterocycles. The van der Waals surface area contributed by atoms with Crippen LogP contribution in [0.1, 0.15) is 10.4 Å². The SMILES string of the molecule is COc1cc(NC(=O)c2ccccc2Oc2ccccc2)cc(OC)c1OC. The lowest BCUT2D eigenvalue weighted by atomic mass is 10.1. The molecule has 28 heavy (non-hydrogen) atoms. The van der Waals surface area contributed by atoms with Gasteiger partial charge in [0.25, 0.3) is 5.91 Å². The van der Waals surface area contributed by atoms with E-state index in [1.165, 1.54) is 21.3 Å². The van der Waals surface area contributed by atoms with Gasteiger partial charge in [-0.2, -0.15) is 0 Å². The number of amides is 1. The Bertz CT molecular complexity index is 931. The molecular weight excluding hydrogens is 358 g/mol. The summed E-state index contributed by atoms with van der Waals surface area (Å²) in [7, 11) is 4.56. The lowest BCUT2D eigenvalue weighted by molar-refractivity contribution is 0.102. The van der Waals surface area contributed by atoms with Crippen molar-refractivity contribution in [1.29, 1.82) is 0 Å². The van der Waals surface area contributed by atoms with Crippen LogP contribution in [0.25, 0.3) is 0 Å². The highest BCUT2D eigenvalue weighted by Crippen LogP contribution is 2.40. The summed E-state index contributed by atoms with van der Waals surface area (Å²) >= 11 is 0. The van der Waals surface area contributed by atoms with Crippen LogP contribution >= 0.6 is 0 Å². The van der Waals surface area contributed by atoms with E-state index in [2.05, 4.69) is 5.32 Å². The van der Waals surface area contributed by atoms with Crippen molar-refractivity contribution in [2.75, 3.05) is 26.6 Å². The first-order chi connectivity index (χ1) is 13.7. The maximum Gasteiger partial charge on any atom is 0.259 e. The highest BCUT2D eigenvalue weighted by molar-refractivity contribution is 6.06. The Morgan fingerprint density at radius 1 is 0.750 bits per heavy atom. The molecule has 1 amide bonds. The lowest BCUT2D eigenvalue weighted by Gasteiger charge is -2.15. The maximum absolute atomic E-state index is 12.9. The third-order valence-electron chi connectivity index (χ3n) is 4.03. The zero-order chi connectivity index (χ0) is 19.9. The van der Waals surface area contributed by atoms with Gasteiger partial charge in [-0.25, -0.2) is 0 Å². The molecule has 0 aliphatic carbocycles. The molecule has 0 saturated carbocycles. The Morgan fingerprint density at radius 3 is 1.96 bits per heavy atom. The molecule has 6 heteroatoms. The first kappa shape index (κ1) is 19.1. The molecule has 0 aliphatic rings. The quantitative estimate of drug-likeness (QED) is 0.641. The molecule has 3 aromatic rings. The molecule has 0 aromatic heterocycles. The maximum atomic E-state index is 12.9. The van der Waals surface area contributed by atoms with Crippen LogP contribution in [0.2, 0.25) is 0 Å².